The van der Waals surface area contributed by atoms with E-state index in [1.54, 1.807) is 7.11 Å². The van der Waals surface area contributed by atoms with Crippen LogP contribution in [0.1, 0.15) is 51.0 Å². The number of benzene rings is 1. The standard InChI is InChI=1S/C20H30N4O2/c1-25-18-14-17-16(22-20(21)24(17)15-7-2-3-8-15)13-19(18)26-12-6-11-23-9-4-5-10-23/h13-15H,2-12H2,1H3,(H2,21,22). The van der Waals surface area contributed by atoms with Crippen LogP contribution in [0.2, 0.25) is 0 Å². The van der Waals surface area contributed by atoms with Crippen molar-refractivity contribution in [1.82, 2.24) is 14.5 Å². The number of nitrogen functional groups attached to an aromatic ring is 1. The Labute approximate surface area is 155 Å². The monoisotopic (exact) mass is 358 g/mol. The number of ether oxygens (including phenoxy) is 2. The van der Waals surface area contributed by atoms with E-state index in [9.17, 15) is 0 Å². The summed E-state index contributed by atoms with van der Waals surface area (Å²) in [6, 6.07) is 4.47. The van der Waals surface area contributed by atoms with E-state index in [-0.39, 0.29) is 0 Å². The lowest BCUT2D eigenvalue weighted by Gasteiger charge is -2.16. The minimum atomic E-state index is 0.455. The van der Waals surface area contributed by atoms with Crippen molar-refractivity contribution in [3.63, 3.8) is 0 Å². The molecule has 0 unspecified atom stereocenters. The molecule has 142 valence electrons. The summed E-state index contributed by atoms with van der Waals surface area (Å²) < 4.78 is 13.8. The van der Waals surface area contributed by atoms with Crippen LogP contribution in [0, 0.1) is 0 Å². The molecule has 2 fully saturated rings. The topological polar surface area (TPSA) is 65.5 Å². The van der Waals surface area contributed by atoms with Crippen molar-refractivity contribution in [2.75, 3.05) is 39.1 Å². The predicted octanol–water partition coefficient (Wildman–Crippen LogP) is 3.61. The first-order valence-electron chi connectivity index (χ1n) is 9.97. The third-order valence-electron chi connectivity index (χ3n) is 5.77. The lowest BCUT2D eigenvalue weighted by atomic mass is 10.2. The number of hydrogen-bond donors (Lipinski definition) is 1. The molecule has 2 aromatic rings. The SMILES string of the molecule is COc1cc2c(cc1OCCCN1CCCC1)nc(N)n2C1CCCC1. The highest BCUT2D eigenvalue weighted by molar-refractivity contribution is 5.82. The van der Waals surface area contributed by atoms with Gasteiger partial charge in [0.2, 0.25) is 5.95 Å². The zero-order valence-corrected chi connectivity index (χ0v) is 15.7. The number of rotatable bonds is 7. The minimum absolute atomic E-state index is 0.455. The molecule has 2 N–H and O–H groups in total. The highest BCUT2D eigenvalue weighted by Crippen LogP contribution is 2.38. The summed E-state index contributed by atoms with van der Waals surface area (Å²) >= 11 is 0. The number of methoxy groups -OCH3 is 1. The van der Waals surface area contributed by atoms with Gasteiger partial charge in [-0.3, -0.25) is 0 Å². The second-order valence-electron chi connectivity index (χ2n) is 7.52. The van der Waals surface area contributed by atoms with E-state index < -0.39 is 0 Å². The van der Waals surface area contributed by atoms with E-state index in [1.165, 1.54) is 51.6 Å². The summed E-state index contributed by atoms with van der Waals surface area (Å²) in [5, 5.41) is 0. The number of hydrogen-bond acceptors (Lipinski definition) is 5. The number of anilines is 1. The summed E-state index contributed by atoms with van der Waals surface area (Å²) in [5.74, 6) is 2.12. The largest absolute Gasteiger partial charge is 0.493 e. The van der Waals surface area contributed by atoms with Crippen LogP contribution in [0.5, 0.6) is 11.5 Å². The van der Waals surface area contributed by atoms with E-state index in [1.807, 2.05) is 12.1 Å². The molecule has 0 spiro atoms. The normalized spacial score (nSPS) is 18.8. The van der Waals surface area contributed by atoms with E-state index in [2.05, 4.69) is 14.5 Å². The number of fused-ring (bicyclic) bond motifs is 1. The fourth-order valence-electron chi connectivity index (χ4n) is 4.42. The predicted molar refractivity (Wildman–Crippen MR) is 104 cm³/mol. The maximum Gasteiger partial charge on any atom is 0.201 e. The molecule has 1 saturated carbocycles. The zero-order valence-electron chi connectivity index (χ0n) is 15.7. The second kappa shape index (κ2) is 7.74. The van der Waals surface area contributed by atoms with Gasteiger partial charge in [-0.25, -0.2) is 4.98 Å². The van der Waals surface area contributed by atoms with Gasteiger partial charge >= 0.3 is 0 Å². The van der Waals surface area contributed by atoms with Crippen LogP contribution < -0.4 is 15.2 Å². The van der Waals surface area contributed by atoms with Crippen molar-refractivity contribution >= 4 is 17.0 Å². The van der Waals surface area contributed by atoms with Gasteiger partial charge in [0.1, 0.15) is 0 Å². The van der Waals surface area contributed by atoms with Gasteiger partial charge in [-0.15, -0.1) is 0 Å². The molecule has 2 aliphatic rings. The van der Waals surface area contributed by atoms with Crippen molar-refractivity contribution in [2.24, 2.45) is 0 Å². The molecule has 1 aromatic heterocycles. The molecule has 0 amide bonds. The Morgan fingerprint density at radius 3 is 2.62 bits per heavy atom. The molecule has 1 aliphatic carbocycles. The van der Waals surface area contributed by atoms with Gasteiger partial charge in [0.25, 0.3) is 0 Å². The Bertz CT molecular complexity index is 746. The quantitative estimate of drug-likeness (QED) is 0.766. The molecule has 2 heterocycles. The molecule has 0 radical (unpaired) electrons. The first kappa shape index (κ1) is 17.5. The number of imidazole rings is 1. The Morgan fingerprint density at radius 2 is 1.88 bits per heavy atom. The van der Waals surface area contributed by atoms with Crippen LogP contribution in [-0.2, 0) is 0 Å². The van der Waals surface area contributed by atoms with Gasteiger partial charge in [0, 0.05) is 24.7 Å². The molecule has 4 rings (SSSR count). The van der Waals surface area contributed by atoms with Crippen molar-refractivity contribution < 1.29 is 9.47 Å². The van der Waals surface area contributed by atoms with Crippen LogP contribution in [-0.4, -0.2) is 47.8 Å². The van der Waals surface area contributed by atoms with E-state index in [0.29, 0.717) is 18.6 Å². The van der Waals surface area contributed by atoms with E-state index >= 15 is 0 Å². The van der Waals surface area contributed by atoms with Crippen LogP contribution in [0.25, 0.3) is 11.0 Å². The first-order valence-corrected chi connectivity index (χ1v) is 9.97. The second-order valence-corrected chi connectivity index (χ2v) is 7.52. The smallest absolute Gasteiger partial charge is 0.201 e. The number of nitrogens with zero attached hydrogens (tertiary/aromatic N) is 3. The van der Waals surface area contributed by atoms with Gasteiger partial charge < -0.3 is 24.7 Å². The Balaban J connectivity index is 1.49. The molecule has 6 heteroatoms. The molecule has 1 saturated heterocycles. The van der Waals surface area contributed by atoms with E-state index in [4.69, 9.17) is 15.2 Å². The molecule has 0 atom stereocenters. The third kappa shape index (κ3) is 3.47. The molecule has 1 aromatic carbocycles. The summed E-state index contributed by atoms with van der Waals surface area (Å²) in [5.41, 5.74) is 8.18. The van der Waals surface area contributed by atoms with Gasteiger partial charge in [0.15, 0.2) is 11.5 Å². The fraction of sp³-hybridized carbons (Fsp3) is 0.650. The molecule has 1 aliphatic heterocycles. The minimum Gasteiger partial charge on any atom is -0.493 e. The summed E-state index contributed by atoms with van der Waals surface area (Å²) in [6.07, 6.45) is 8.56. The van der Waals surface area contributed by atoms with Crippen LogP contribution in [0.3, 0.4) is 0 Å². The number of aromatic nitrogens is 2. The first-order chi connectivity index (χ1) is 12.8. The highest BCUT2D eigenvalue weighted by Gasteiger charge is 2.23. The Kier molecular flexibility index (Phi) is 5.20. The van der Waals surface area contributed by atoms with Crippen molar-refractivity contribution in [1.29, 1.82) is 0 Å². The van der Waals surface area contributed by atoms with Gasteiger partial charge in [-0.05, 0) is 45.2 Å². The van der Waals surface area contributed by atoms with Crippen LogP contribution in [0.15, 0.2) is 12.1 Å². The maximum atomic E-state index is 6.23. The zero-order chi connectivity index (χ0) is 17.9. The fourth-order valence-corrected chi connectivity index (χ4v) is 4.42. The average Bonchev–Trinajstić information content (AvgIpc) is 3.38. The lowest BCUT2D eigenvalue weighted by Crippen LogP contribution is -2.21. The van der Waals surface area contributed by atoms with Crippen molar-refractivity contribution in [2.45, 2.75) is 51.0 Å². The summed E-state index contributed by atoms with van der Waals surface area (Å²) in [4.78, 5) is 7.09. The number of likely N-dealkylation sites (tertiary alicyclic amines) is 1. The van der Waals surface area contributed by atoms with Crippen molar-refractivity contribution in [3.05, 3.63) is 12.1 Å². The maximum absolute atomic E-state index is 6.23. The van der Waals surface area contributed by atoms with Crippen LogP contribution >= 0.6 is 0 Å². The van der Waals surface area contributed by atoms with Gasteiger partial charge in [-0.1, -0.05) is 12.8 Å². The third-order valence-corrected chi connectivity index (χ3v) is 5.77. The lowest BCUT2D eigenvalue weighted by molar-refractivity contribution is 0.254. The highest BCUT2D eigenvalue weighted by atomic mass is 16.5. The van der Waals surface area contributed by atoms with Crippen molar-refractivity contribution in [3.8, 4) is 11.5 Å². The van der Waals surface area contributed by atoms with Gasteiger partial charge in [0.05, 0.1) is 24.8 Å². The van der Waals surface area contributed by atoms with Gasteiger partial charge in [-0.2, -0.15) is 0 Å². The molecular weight excluding hydrogens is 328 g/mol. The average molecular weight is 358 g/mol. The molecule has 26 heavy (non-hydrogen) atoms. The van der Waals surface area contributed by atoms with E-state index in [0.717, 1.165) is 35.5 Å². The summed E-state index contributed by atoms with van der Waals surface area (Å²) in [6.45, 7) is 4.26. The Morgan fingerprint density at radius 1 is 1.12 bits per heavy atom. The summed E-state index contributed by atoms with van der Waals surface area (Å²) in [7, 11) is 1.69. The molecule has 6 nitrogen and oxygen atoms in total. The Hall–Kier alpha value is -1.95. The van der Waals surface area contributed by atoms with Crippen LogP contribution in [0.4, 0.5) is 5.95 Å². The molecular formula is C20H30N4O2. The molecule has 0 bridgehead atoms. The number of nitrogens with two attached hydrogens (primary N) is 1.